The Morgan fingerprint density at radius 2 is 1.89 bits per heavy atom. The van der Waals surface area contributed by atoms with Gasteiger partial charge >= 0.3 is 0 Å². The monoisotopic (exact) mass is 405 g/mol. The number of carbonyl (C=O) groups excluding carboxylic acids is 1. The molecule has 0 fully saturated rings. The second-order valence-corrected chi connectivity index (χ2v) is 5.88. The summed E-state index contributed by atoms with van der Waals surface area (Å²) in [6.07, 6.45) is 0. The quantitative estimate of drug-likeness (QED) is 0.723. The first-order valence-corrected chi connectivity index (χ1v) is 7.15. The summed E-state index contributed by atoms with van der Waals surface area (Å²) in [5.41, 5.74) is 0.806. The molecule has 0 spiro atoms. The topological polar surface area (TPSA) is 29.1 Å². The molecular weight excluding hydrogens is 400 g/mol. The molecule has 0 heterocycles. The molecule has 1 amide bonds. The molecule has 0 unspecified atom stereocenters. The third kappa shape index (κ3) is 3.55. The average Bonchev–Trinajstić information content (AvgIpc) is 2.33. The molecule has 6 heteroatoms. The molecule has 2 rings (SSSR count). The fraction of sp³-hybridized carbons (Fsp3) is 0. The average molecular weight is 407 g/mol. The highest BCUT2D eigenvalue weighted by molar-refractivity contribution is 9.11. The molecule has 1 N–H and O–H groups in total. The van der Waals surface area contributed by atoms with Gasteiger partial charge in [0.2, 0.25) is 0 Å². The Balaban J connectivity index is 2.23. The van der Waals surface area contributed by atoms with Gasteiger partial charge in [0, 0.05) is 14.6 Å². The molecule has 0 saturated heterocycles. The summed E-state index contributed by atoms with van der Waals surface area (Å²) in [4.78, 5) is 12.0. The van der Waals surface area contributed by atoms with Crippen LogP contribution in [0.5, 0.6) is 0 Å². The Bertz CT molecular complexity index is 649. The van der Waals surface area contributed by atoms with E-state index in [0.717, 1.165) is 4.47 Å². The number of rotatable bonds is 2. The van der Waals surface area contributed by atoms with E-state index in [4.69, 9.17) is 11.6 Å². The fourth-order valence-electron chi connectivity index (χ4n) is 1.45. The summed E-state index contributed by atoms with van der Waals surface area (Å²) >= 11 is 12.2. The minimum atomic E-state index is -0.575. The van der Waals surface area contributed by atoms with Crippen LogP contribution in [0, 0.1) is 5.82 Å². The van der Waals surface area contributed by atoms with Gasteiger partial charge in [0.25, 0.3) is 5.91 Å². The van der Waals surface area contributed by atoms with Crippen LogP contribution in [0.4, 0.5) is 10.1 Å². The first-order valence-electron chi connectivity index (χ1n) is 5.19. The standard InChI is InChI=1S/C13H7Br2ClFNO/c14-7-1-3-9(10(15)5-7)13(19)18-8-2-4-11(16)12(17)6-8/h1-6H,(H,18,19). The summed E-state index contributed by atoms with van der Waals surface area (Å²) in [6, 6.07) is 9.28. The summed E-state index contributed by atoms with van der Waals surface area (Å²) in [7, 11) is 0. The number of benzene rings is 2. The van der Waals surface area contributed by atoms with Crippen LogP contribution in [0.25, 0.3) is 0 Å². The van der Waals surface area contributed by atoms with Crippen LogP contribution in [0.15, 0.2) is 45.3 Å². The van der Waals surface area contributed by atoms with Crippen molar-refractivity contribution in [1.29, 1.82) is 0 Å². The molecule has 0 saturated carbocycles. The van der Waals surface area contributed by atoms with Crippen molar-refractivity contribution in [2.45, 2.75) is 0 Å². The van der Waals surface area contributed by atoms with Gasteiger partial charge in [-0.2, -0.15) is 0 Å². The summed E-state index contributed by atoms with van der Waals surface area (Å²) in [5.74, 6) is -0.907. The number of anilines is 1. The third-order valence-corrected chi connectivity index (χ3v) is 3.81. The lowest BCUT2D eigenvalue weighted by Gasteiger charge is -2.07. The van der Waals surface area contributed by atoms with E-state index in [1.54, 1.807) is 18.2 Å². The van der Waals surface area contributed by atoms with E-state index in [9.17, 15) is 9.18 Å². The van der Waals surface area contributed by atoms with E-state index in [1.165, 1.54) is 18.2 Å². The molecule has 0 aliphatic carbocycles. The third-order valence-electron chi connectivity index (χ3n) is 2.35. The number of carbonyl (C=O) groups is 1. The van der Waals surface area contributed by atoms with Gasteiger partial charge in [0.15, 0.2) is 0 Å². The van der Waals surface area contributed by atoms with Crippen molar-refractivity contribution in [3.8, 4) is 0 Å². The van der Waals surface area contributed by atoms with Gasteiger partial charge in [-0.05, 0) is 52.3 Å². The minimum Gasteiger partial charge on any atom is -0.322 e. The van der Waals surface area contributed by atoms with E-state index in [-0.39, 0.29) is 10.9 Å². The number of halogens is 4. The Kier molecular flexibility index (Phi) is 4.60. The van der Waals surface area contributed by atoms with Crippen LogP contribution in [0.1, 0.15) is 10.4 Å². The fourth-order valence-corrected chi connectivity index (χ4v) is 2.79. The first-order chi connectivity index (χ1) is 8.97. The molecule has 0 aliphatic heterocycles. The Labute approximate surface area is 131 Å². The lowest BCUT2D eigenvalue weighted by molar-refractivity contribution is 0.102. The number of nitrogens with one attached hydrogen (secondary N) is 1. The van der Waals surface area contributed by atoms with E-state index in [0.29, 0.717) is 15.7 Å². The van der Waals surface area contributed by atoms with Crippen LogP contribution in [0.3, 0.4) is 0 Å². The highest BCUT2D eigenvalue weighted by Gasteiger charge is 2.11. The number of amides is 1. The first kappa shape index (κ1) is 14.5. The molecule has 19 heavy (non-hydrogen) atoms. The molecular formula is C13H7Br2ClFNO. The maximum absolute atomic E-state index is 13.3. The second kappa shape index (κ2) is 6.03. The van der Waals surface area contributed by atoms with Crippen molar-refractivity contribution >= 4 is 55.1 Å². The molecule has 0 atom stereocenters. The van der Waals surface area contributed by atoms with Crippen molar-refractivity contribution < 1.29 is 9.18 Å². The lowest BCUT2D eigenvalue weighted by atomic mass is 10.2. The van der Waals surface area contributed by atoms with Gasteiger partial charge in [0.05, 0.1) is 10.6 Å². The molecule has 0 aliphatic rings. The Morgan fingerprint density at radius 1 is 1.16 bits per heavy atom. The Hall–Kier alpha value is -0.910. The lowest BCUT2D eigenvalue weighted by Crippen LogP contribution is -2.12. The summed E-state index contributed by atoms with van der Waals surface area (Å²) in [5, 5.41) is 2.62. The Morgan fingerprint density at radius 3 is 2.53 bits per heavy atom. The normalized spacial score (nSPS) is 10.3. The highest BCUT2D eigenvalue weighted by Crippen LogP contribution is 2.24. The predicted molar refractivity (Wildman–Crippen MR) is 81.2 cm³/mol. The molecule has 98 valence electrons. The van der Waals surface area contributed by atoms with E-state index in [1.807, 2.05) is 0 Å². The zero-order chi connectivity index (χ0) is 14.0. The van der Waals surface area contributed by atoms with Crippen molar-refractivity contribution in [3.63, 3.8) is 0 Å². The molecule has 2 aromatic carbocycles. The van der Waals surface area contributed by atoms with Gasteiger partial charge in [-0.1, -0.05) is 27.5 Å². The molecule has 2 aromatic rings. The zero-order valence-corrected chi connectivity index (χ0v) is 13.3. The van der Waals surface area contributed by atoms with Gasteiger partial charge in [-0.25, -0.2) is 4.39 Å². The maximum Gasteiger partial charge on any atom is 0.256 e. The smallest absolute Gasteiger partial charge is 0.256 e. The van der Waals surface area contributed by atoms with Gasteiger partial charge in [-0.15, -0.1) is 0 Å². The van der Waals surface area contributed by atoms with Gasteiger partial charge in [0.1, 0.15) is 5.82 Å². The van der Waals surface area contributed by atoms with E-state index in [2.05, 4.69) is 37.2 Å². The van der Waals surface area contributed by atoms with Crippen LogP contribution in [-0.2, 0) is 0 Å². The molecule has 2 nitrogen and oxygen atoms in total. The van der Waals surface area contributed by atoms with E-state index < -0.39 is 5.82 Å². The minimum absolute atomic E-state index is 0.0165. The van der Waals surface area contributed by atoms with Crippen molar-refractivity contribution in [2.75, 3.05) is 5.32 Å². The summed E-state index contributed by atoms with van der Waals surface area (Å²) < 4.78 is 14.8. The van der Waals surface area contributed by atoms with Crippen molar-refractivity contribution in [1.82, 2.24) is 0 Å². The molecule has 0 aromatic heterocycles. The second-order valence-electron chi connectivity index (χ2n) is 3.71. The number of hydrogen-bond donors (Lipinski definition) is 1. The van der Waals surface area contributed by atoms with Crippen molar-refractivity contribution in [2.24, 2.45) is 0 Å². The van der Waals surface area contributed by atoms with Gasteiger partial charge < -0.3 is 5.32 Å². The van der Waals surface area contributed by atoms with Crippen LogP contribution in [0.2, 0.25) is 5.02 Å². The predicted octanol–water partition coefficient (Wildman–Crippen LogP) is 5.26. The van der Waals surface area contributed by atoms with Crippen LogP contribution < -0.4 is 5.32 Å². The van der Waals surface area contributed by atoms with Crippen molar-refractivity contribution in [3.05, 3.63) is 61.7 Å². The zero-order valence-electron chi connectivity index (χ0n) is 9.38. The van der Waals surface area contributed by atoms with E-state index >= 15 is 0 Å². The molecule has 0 bridgehead atoms. The largest absolute Gasteiger partial charge is 0.322 e. The van der Waals surface area contributed by atoms with Crippen LogP contribution >= 0.6 is 43.5 Å². The maximum atomic E-state index is 13.3. The summed E-state index contributed by atoms with van der Waals surface area (Å²) in [6.45, 7) is 0. The molecule has 0 radical (unpaired) electrons. The SMILES string of the molecule is O=C(Nc1ccc(Cl)c(F)c1)c1ccc(Br)cc1Br. The van der Waals surface area contributed by atoms with Crippen LogP contribution in [-0.4, -0.2) is 5.91 Å². The number of hydrogen-bond acceptors (Lipinski definition) is 1. The highest BCUT2D eigenvalue weighted by atomic mass is 79.9. The van der Waals surface area contributed by atoms with Gasteiger partial charge in [-0.3, -0.25) is 4.79 Å².